The van der Waals surface area contributed by atoms with Crippen molar-refractivity contribution >= 4 is 0 Å². The first-order valence-electron chi connectivity index (χ1n) is 5.30. The van der Waals surface area contributed by atoms with Gasteiger partial charge in [0, 0.05) is 11.6 Å². The Morgan fingerprint density at radius 2 is 2.06 bits per heavy atom. The highest BCUT2D eigenvalue weighted by molar-refractivity contribution is 5.27. The van der Waals surface area contributed by atoms with Crippen LogP contribution in [0.2, 0.25) is 0 Å². The lowest BCUT2D eigenvalue weighted by atomic mass is 10.0. The first-order valence-corrected chi connectivity index (χ1v) is 5.30. The van der Waals surface area contributed by atoms with E-state index in [1.807, 2.05) is 0 Å². The van der Waals surface area contributed by atoms with Gasteiger partial charge in [0.1, 0.15) is 11.6 Å². The molecule has 1 aromatic rings. The highest BCUT2D eigenvalue weighted by Crippen LogP contribution is 2.24. The highest BCUT2D eigenvalue weighted by Gasteiger charge is 2.14. The maximum absolute atomic E-state index is 13.4. The molecule has 0 amide bonds. The molecule has 1 nitrogen and oxygen atoms in total. The first kappa shape index (κ1) is 12.8. The second-order valence-electron chi connectivity index (χ2n) is 3.86. The summed E-state index contributed by atoms with van der Waals surface area (Å²) in [4.78, 5) is 0. The van der Waals surface area contributed by atoms with Crippen LogP contribution in [0.5, 0.6) is 0 Å². The zero-order valence-electron chi connectivity index (χ0n) is 9.34. The lowest BCUT2D eigenvalue weighted by molar-refractivity contribution is 0.160. The fraction of sp³-hybridized carbons (Fsp3) is 0.385. The Labute approximate surface area is 94.4 Å². The molecule has 0 aliphatic carbocycles. The monoisotopic (exact) mass is 226 g/mol. The average molecular weight is 226 g/mol. The number of aliphatic hydroxyl groups is 1. The maximum atomic E-state index is 13.4. The second kappa shape index (κ2) is 5.75. The van der Waals surface area contributed by atoms with E-state index in [-0.39, 0.29) is 5.56 Å². The molecule has 3 heteroatoms. The molecule has 0 aromatic heterocycles. The smallest absolute Gasteiger partial charge is 0.131 e. The summed E-state index contributed by atoms with van der Waals surface area (Å²) >= 11 is 0. The van der Waals surface area contributed by atoms with Crippen molar-refractivity contribution in [2.24, 2.45) is 0 Å². The lowest BCUT2D eigenvalue weighted by Gasteiger charge is -2.12. The summed E-state index contributed by atoms with van der Waals surface area (Å²) < 4.78 is 26.4. The third-order valence-corrected chi connectivity index (χ3v) is 2.52. The second-order valence-corrected chi connectivity index (χ2v) is 3.86. The van der Waals surface area contributed by atoms with E-state index in [9.17, 15) is 13.9 Å². The van der Waals surface area contributed by atoms with Crippen LogP contribution in [0.25, 0.3) is 0 Å². The van der Waals surface area contributed by atoms with Gasteiger partial charge in [0.25, 0.3) is 0 Å². The van der Waals surface area contributed by atoms with E-state index in [1.165, 1.54) is 6.07 Å². The number of aliphatic hydroxyl groups excluding tert-OH is 1. The van der Waals surface area contributed by atoms with Crippen molar-refractivity contribution in [3.8, 4) is 0 Å². The molecule has 0 spiro atoms. The van der Waals surface area contributed by atoms with Crippen molar-refractivity contribution in [3.05, 3.63) is 47.5 Å². The van der Waals surface area contributed by atoms with Crippen molar-refractivity contribution in [1.82, 2.24) is 0 Å². The van der Waals surface area contributed by atoms with Crippen LogP contribution in [-0.4, -0.2) is 5.11 Å². The molecular weight excluding hydrogens is 210 g/mol. The van der Waals surface area contributed by atoms with E-state index in [1.54, 1.807) is 13.0 Å². The molecule has 0 aliphatic heterocycles. The van der Waals surface area contributed by atoms with E-state index in [4.69, 9.17) is 0 Å². The Kier molecular flexibility index (Phi) is 4.62. The first-order chi connectivity index (χ1) is 7.56. The Balaban J connectivity index is 2.78. The number of hydrogen-bond acceptors (Lipinski definition) is 1. The molecule has 0 saturated carbocycles. The van der Waals surface area contributed by atoms with Crippen LogP contribution >= 0.6 is 0 Å². The van der Waals surface area contributed by atoms with Crippen LogP contribution in [0.1, 0.15) is 36.5 Å². The molecule has 0 aliphatic rings. The summed E-state index contributed by atoms with van der Waals surface area (Å²) in [5.74, 6) is -1.27. The van der Waals surface area contributed by atoms with E-state index in [2.05, 4.69) is 6.58 Å². The van der Waals surface area contributed by atoms with Crippen molar-refractivity contribution in [3.63, 3.8) is 0 Å². The van der Waals surface area contributed by atoms with Gasteiger partial charge in [0.15, 0.2) is 0 Å². The minimum absolute atomic E-state index is 0.169. The molecule has 0 radical (unpaired) electrons. The van der Waals surface area contributed by atoms with Gasteiger partial charge in [0.05, 0.1) is 6.10 Å². The zero-order chi connectivity index (χ0) is 12.1. The molecule has 0 heterocycles. The largest absolute Gasteiger partial charge is 0.388 e. The summed E-state index contributed by atoms with van der Waals surface area (Å²) in [6.45, 7) is 5.12. The van der Waals surface area contributed by atoms with Crippen LogP contribution in [0, 0.1) is 18.6 Å². The molecule has 0 bridgehead atoms. The number of hydrogen-bond donors (Lipinski definition) is 1. The summed E-state index contributed by atoms with van der Waals surface area (Å²) in [5.41, 5.74) is 0.516. The molecule has 1 unspecified atom stereocenters. The van der Waals surface area contributed by atoms with E-state index < -0.39 is 17.7 Å². The maximum Gasteiger partial charge on any atom is 0.131 e. The molecule has 88 valence electrons. The van der Waals surface area contributed by atoms with Gasteiger partial charge in [-0.15, -0.1) is 6.58 Å². The SMILES string of the molecule is C=CCCCC(O)c1cc(C)c(F)cc1F. The topological polar surface area (TPSA) is 20.2 Å². The molecule has 0 saturated heterocycles. The highest BCUT2D eigenvalue weighted by atomic mass is 19.1. The molecule has 1 rings (SSSR count). The number of benzene rings is 1. The fourth-order valence-electron chi connectivity index (χ4n) is 1.55. The van der Waals surface area contributed by atoms with Gasteiger partial charge in [-0.1, -0.05) is 6.08 Å². The fourth-order valence-corrected chi connectivity index (χ4v) is 1.55. The minimum Gasteiger partial charge on any atom is -0.388 e. The Morgan fingerprint density at radius 3 is 2.69 bits per heavy atom. The number of aryl methyl sites for hydroxylation is 1. The standard InChI is InChI=1S/C13H16F2O/c1-3-4-5-6-13(16)10-7-9(2)11(14)8-12(10)15/h3,7-8,13,16H,1,4-6H2,2H3. The quantitative estimate of drug-likeness (QED) is 0.600. The third-order valence-electron chi connectivity index (χ3n) is 2.52. The summed E-state index contributed by atoms with van der Waals surface area (Å²) in [6, 6.07) is 2.19. The van der Waals surface area contributed by atoms with E-state index >= 15 is 0 Å². The average Bonchev–Trinajstić information content (AvgIpc) is 2.23. The minimum atomic E-state index is -0.876. The van der Waals surface area contributed by atoms with Gasteiger partial charge < -0.3 is 5.11 Å². The van der Waals surface area contributed by atoms with Gasteiger partial charge >= 0.3 is 0 Å². The van der Waals surface area contributed by atoms with Crippen LogP contribution in [0.3, 0.4) is 0 Å². The Morgan fingerprint density at radius 1 is 1.38 bits per heavy atom. The van der Waals surface area contributed by atoms with E-state index in [0.717, 1.165) is 18.9 Å². The summed E-state index contributed by atoms with van der Waals surface area (Å²) in [5, 5.41) is 9.75. The summed E-state index contributed by atoms with van der Waals surface area (Å²) in [7, 11) is 0. The van der Waals surface area contributed by atoms with Crippen LogP contribution in [0.4, 0.5) is 8.78 Å². The molecular formula is C13H16F2O. The van der Waals surface area contributed by atoms with Crippen molar-refractivity contribution in [2.45, 2.75) is 32.3 Å². The Hall–Kier alpha value is -1.22. The van der Waals surface area contributed by atoms with Gasteiger partial charge in [-0.05, 0) is 37.8 Å². The van der Waals surface area contributed by atoms with Gasteiger partial charge in [-0.3, -0.25) is 0 Å². The van der Waals surface area contributed by atoms with Gasteiger partial charge in [-0.2, -0.15) is 0 Å². The van der Waals surface area contributed by atoms with Crippen LogP contribution in [0.15, 0.2) is 24.8 Å². The van der Waals surface area contributed by atoms with Crippen molar-refractivity contribution in [2.75, 3.05) is 0 Å². The molecule has 0 fully saturated rings. The number of unbranched alkanes of at least 4 members (excludes halogenated alkanes) is 1. The predicted molar refractivity (Wildman–Crippen MR) is 60.1 cm³/mol. The van der Waals surface area contributed by atoms with Crippen molar-refractivity contribution in [1.29, 1.82) is 0 Å². The van der Waals surface area contributed by atoms with Crippen LogP contribution < -0.4 is 0 Å². The predicted octanol–water partition coefficient (Wildman–Crippen LogP) is 3.66. The normalized spacial score (nSPS) is 12.5. The Bertz CT molecular complexity index is 374. The van der Waals surface area contributed by atoms with E-state index in [0.29, 0.717) is 12.0 Å². The van der Waals surface area contributed by atoms with Crippen molar-refractivity contribution < 1.29 is 13.9 Å². The van der Waals surface area contributed by atoms with Gasteiger partial charge in [0.2, 0.25) is 0 Å². The lowest BCUT2D eigenvalue weighted by Crippen LogP contribution is -2.02. The summed E-state index contributed by atoms with van der Waals surface area (Å²) in [6.07, 6.45) is 2.84. The number of halogens is 2. The molecule has 16 heavy (non-hydrogen) atoms. The molecule has 1 aromatic carbocycles. The van der Waals surface area contributed by atoms with Gasteiger partial charge in [-0.25, -0.2) is 8.78 Å². The van der Waals surface area contributed by atoms with Crippen LogP contribution in [-0.2, 0) is 0 Å². The zero-order valence-corrected chi connectivity index (χ0v) is 9.34. The third kappa shape index (κ3) is 3.14. The molecule has 1 atom stereocenters. The number of allylic oxidation sites excluding steroid dienone is 1. The molecule has 1 N–H and O–H groups in total. The number of rotatable bonds is 5.